The number of carboxylic acid groups (broad SMARTS) is 1. The summed E-state index contributed by atoms with van der Waals surface area (Å²) < 4.78 is 0. The highest BCUT2D eigenvalue weighted by Gasteiger charge is 2.48. The summed E-state index contributed by atoms with van der Waals surface area (Å²) in [5.74, 6) is 2.58. The van der Waals surface area contributed by atoms with Crippen molar-refractivity contribution in [2.75, 3.05) is 29.4 Å². The zero-order chi connectivity index (χ0) is 19.4. The summed E-state index contributed by atoms with van der Waals surface area (Å²) in [4.78, 5) is 21.0. The molecule has 0 unspecified atom stereocenters. The van der Waals surface area contributed by atoms with E-state index in [9.17, 15) is 15.2 Å². The van der Waals surface area contributed by atoms with E-state index >= 15 is 0 Å². The molecule has 4 heterocycles. The second kappa shape index (κ2) is 6.65. The summed E-state index contributed by atoms with van der Waals surface area (Å²) in [6.45, 7) is 5.01. The molecule has 3 aliphatic heterocycles. The number of nitriles is 1. The van der Waals surface area contributed by atoms with E-state index in [2.05, 4.69) is 22.8 Å². The molecule has 1 N–H and O–H groups in total. The number of aromatic nitrogens is 1. The number of carboxylic acids is 1. The number of fused-ring (bicyclic) bond motifs is 3. The number of hydrogen-bond donors (Lipinski definition) is 1. The Morgan fingerprint density at radius 1 is 1.21 bits per heavy atom. The lowest BCUT2D eigenvalue weighted by atomic mass is 9.60. The van der Waals surface area contributed by atoms with Gasteiger partial charge < -0.3 is 14.9 Å². The molecule has 148 valence electrons. The fraction of sp³-hybridized carbons (Fsp3) is 0.682. The first-order chi connectivity index (χ1) is 13.6. The van der Waals surface area contributed by atoms with E-state index < -0.39 is 5.97 Å². The smallest absolute Gasteiger partial charge is 0.303 e. The van der Waals surface area contributed by atoms with Crippen molar-refractivity contribution >= 4 is 17.6 Å². The Hall–Kier alpha value is -2.29. The van der Waals surface area contributed by atoms with Gasteiger partial charge in [0, 0.05) is 32.1 Å². The van der Waals surface area contributed by atoms with Crippen molar-refractivity contribution in [1.82, 2.24) is 4.98 Å². The van der Waals surface area contributed by atoms with Crippen LogP contribution in [0.15, 0.2) is 0 Å². The largest absolute Gasteiger partial charge is 0.481 e. The molecule has 1 aromatic rings. The summed E-state index contributed by atoms with van der Waals surface area (Å²) >= 11 is 0. The summed E-state index contributed by atoms with van der Waals surface area (Å²) in [7, 11) is 0. The standard InChI is InChI=1S/C22H28N4O2/c1-13-6-7-26(13)22-19(10-23)16-4-2-3-5-17(16)21(24-22)25-11-14-8-15(12-25)18(14)9-20(27)28/h13-15,18H,2-9,11-12H2,1H3,(H,27,28)/t13-,14-,15+,18-/m0/s1. The number of hydrogen-bond acceptors (Lipinski definition) is 5. The molecule has 6 nitrogen and oxygen atoms in total. The van der Waals surface area contributed by atoms with E-state index in [1.807, 2.05) is 0 Å². The van der Waals surface area contributed by atoms with Gasteiger partial charge >= 0.3 is 5.97 Å². The first-order valence-corrected chi connectivity index (χ1v) is 10.8. The van der Waals surface area contributed by atoms with Crippen molar-refractivity contribution in [1.29, 1.82) is 5.26 Å². The summed E-state index contributed by atoms with van der Waals surface area (Å²) in [5, 5.41) is 19.1. The van der Waals surface area contributed by atoms with Crippen molar-refractivity contribution in [3.8, 4) is 6.07 Å². The Morgan fingerprint density at radius 3 is 2.50 bits per heavy atom. The Kier molecular flexibility index (Phi) is 4.22. The highest BCUT2D eigenvalue weighted by atomic mass is 16.4. The predicted octanol–water partition coefficient (Wildman–Crippen LogP) is 2.98. The zero-order valence-corrected chi connectivity index (χ0v) is 16.5. The molecular weight excluding hydrogens is 352 g/mol. The normalized spacial score (nSPS) is 30.7. The fourth-order valence-corrected chi connectivity index (χ4v) is 5.90. The SMILES string of the molecule is C[C@H]1CCN1c1nc(N2C[C@H]3C[C@@H](C2)[C@@H]3CC(=O)O)c2c(c1C#N)CCCC2. The molecule has 6 heteroatoms. The number of aliphatic carboxylic acids is 1. The van der Waals surface area contributed by atoms with Crippen molar-refractivity contribution in [3.05, 3.63) is 16.7 Å². The minimum absolute atomic E-state index is 0.304. The van der Waals surface area contributed by atoms with Gasteiger partial charge in [-0.05, 0) is 74.3 Å². The molecule has 4 atom stereocenters. The van der Waals surface area contributed by atoms with Crippen LogP contribution in [0.25, 0.3) is 0 Å². The molecule has 0 aromatic carbocycles. The third-order valence-electron chi connectivity index (χ3n) is 7.61. The number of nitrogens with zero attached hydrogens (tertiary/aromatic N) is 4. The number of rotatable bonds is 4. The molecule has 1 saturated carbocycles. The van der Waals surface area contributed by atoms with Crippen LogP contribution in [0.1, 0.15) is 55.7 Å². The topological polar surface area (TPSA) is 80.5 Å². The third-order valence-corrected chi connectivity index (χ3v) is 7.61. The molecule has 3 saturated heterocycles. The van der Waals surface area contributed by atoms with Gasteiger partial charge in [0.15, 0.2) is 0 Å². The molecule has 4 fully saturated rings. The lowest BCUT2D eigenvalue weighted by molar-refractivity contribution is -0.141. The Bertz CT molecular complexity index is 849. The van der Waals surface area contributed by atoms with Crippen molar-refractivity contribution in [2.24, 2.45) is 17.8 Å². The molecule has 2 bridgehead atoms. The first-order valence-electron chi connectivity index (χ1n) is 10.8. The van der Waals surface area contributed by atoms with Crippen molar-refractivity contribution < 1.29 is 9.90 Å². The van der Waals surface area contributed by atoms with Gasteiger partial charge in [-0.25, -0.2) is 4.98 Å². The Balaban J connectivity index is 1.51. The lowest BCUT2D eigenvalue weighted by Gasteiger charge is -2.54. The second-order valence-electron chi connectivity index (χ2n) is 9.16. The molecule has 0 radical (unpaired) electrons. The van der Waals surface area contributed by atoms with Crippen LogP contribution in [0.4, 0.5) is 11.6 Å². The van der Waals surface area contributed by atoms with Crippen molar-refractivity contribution in [3.63, 3.8) is 0 Å². The summed E-state index contributed by atoms with van der Waals surface area (Å²) in [6, 6.07) is 2.93. The molecule has 2 aliphatic carbocycles. The highest BCUT2D eigenvalue weighted by Crippen LogP contribution is 2.49. The molecule has 0 spiro atoms. The lowest BCUT2D eigenvalue weighted by Crippen LogP contribution is -2.56. The van der Waals surface area contributed by atoms with Crippen LogP contribution in [-0.2, 0) is 17.6 Å². The summed E-state index contributed by atoms with van der Waals surface area (Å²) in [6.07, 6.45) is 6.91. The maximum absolute atomic E-state index is 11.2. The first kappa shape index (κ1) is 17.8. The van der Waals surface area contributed by atoms with Gasteiger partial charge in [-0.1, -0.05) is 0 Å². The van der Waals surface area contributed by atoms with Gasteiger partial charge in [0.1, 0.15) is 17.7 Å². The van der Waals surface area contributed by atoms with Crippen LogP contribution in [0.3, 0.4) is 0 Å². The van der Waals surface area contributed by atoms with Crippen LogP contribution in [0.2, 0.25) is 0 Å². The van der Waals surface area contributed by atoms with E-state index in [-0.39, 0.29) is 0 Å². The predicted molar refractivity (Wildman–Crippen MR) is 107 cm³/mol. The van der Waals surface area contributed by atoms with Crippen LogP contribution in [0.5, 0.6) is 0 Å². The van der Waals surface area contributed by atoms with Crippen LogP contribution in [0, 0.1) is 29.1 Å². The zero-order valence-electron chi connectivity index (χ0n) is 16.5. The van der Waals surface area contributed by atoms with Gasteiger partial charge in [0.25, 0.3) is 0 Å². The third kappa shape index (κ3) is 2.67. The highest BCUT2D eigenvalue weighted by molar-refractivity contribution is 5.69. The quantitative estimate of drug-likeness (QED) is 0.865. The molecule has 5 aliphatic rings. The maximum Gasteiger partial charge on any atom is 0.303 e. The molecular formula is C22H28N4O2. The number of carbonyl (C=O) groups is 1. The minimum atomic E-state index is -0.670. The Morgan fingerprint density at radius 2 is 1.93 bits per heavy atom. The van der Waals surface area contributed by atoms with Gasteiger partial charge in [0.2, 0.25) is 0 Å². The average Bonchev–Trinajstić information content (AvgIpc) is 2.70. The minimum Gasteiger partial charge on any atom is -0.481 e. The van der Waals surface area contributed by atoms with Crippen LogP contribution >= 0.6 is 0 Å². The van der Waals surface area contributed by atoms with E-state index in [4.69, 9.17) is 4.98 Å². The number of pyridine rings is 1. The number of anilines is 2. The van der Waals surface area contributed by atoms with E-state index in [1.165, 1.54) is 11.1 Å². The van der Waals surface area contributed by atoms with Crippen LogP contribution in [-0.4, -0.2) is 41.7 Å². The second-order valence-corrected chi connectivity index (χ2v) is 9.16. The van der Waals surface area contributed by atoms with Gasteiger partial charge in [-0.15, -0.1) is 0 Å². The summed E-state index contributed by atoms with van der Waals surface area (Å²) in [5.41, 5.74) is 3.32. The monoisotopic (exact) mass is 380 g/mol. The average molecular weight is 380 g/mol. The maximum atomic E-state index is 11.2. The van der Waals surface area contributed by atoms with Gasteiger partial charge in [0.05, 0.1) is 5.56 Å². The van der Waals surface area contributed by atoms with E-state index in [0.717, 1.165) is 75.4 Å². The number of piperidine rings is 2. The molecule has 28 heavy (non-hydrogen) atoms. The van der Waals surface area contributed by atoms with Crippen molar-refractivity contribution in [2.45, 2.75) is 57.9 Å². The molecule has 0 amide bonds. The molecule has 6 rings (SSSR count). The van der Waals surface area contributed by atoms with E-state index in [0.29, 0.717) is 30.2 Å². The van der Waals surface area contributed by atoms with E-state index in [1.54, 1.807) is 0 Å². The fourth-order valence-electron chi connectivity index (χ4n) is 5.90. The van der Waals surface area contributed by atoms with Crippen LogP contribution < -0.4 is 9.80 Å². The van der Waals surface area contributed by atoms with Gasteiger partial charge in [-0.3, -0.25) is 4.79 Å². The van der Waals surface area contributed by atoms with Gasteiger partial charge in [-0.2, -0.15) is 5.26 Å². The Labute approximate surface area is 166 Å². The molecule has 1 aromatic heterocycles.